The molecule has 2 aromatic heterocycles. The Labute approximate surface area is 169 Å². The SMILES string of the molecule is Cc1cc(/C=C(\C#N)C(=O)OCc2ncc(-c3ccccc3)o2)c(C)n1C1CC1. The topological polar surface area (TPSA) is 81.1 Å². The van der Waals surface area contributed by atoms with E-state index in [1.807, 2.05) is 56.3 Å². The zero-order valence-electron chi connectivity index (χ0n) is 16.4. The highest BCUT2D eigenvalue weighted by atomic mass is 16.5. The Morgan fingerprint density at radius 1 is 1.34 bits per heavy atom. The molecule has 0 radical (unpaired) electrons. The molecular weight excluding hydrogens is 366 g/mol. The van der Waals surface area contributed by atoms with Crippen molar-refractivity contribution in [3.8, 4) is 17.4 Å². The minimum absolute atomic E-state index is 0.0455. The van der Waals surface area contributed by atoms with E-state index in [0.29, 0.717) is 11.8 Å². The summed E-state index contributed by atoms with van der Waals surface area (Å²) in [6, 6.07) is 14.0. The van der Waals surface area contributed by atoms with E-state index >= 15 is 0 Å². The number of nitrogens with zero attached hydrogens (tertiary/aromatic N) is 3. The van der Waals surface area contributed by atoms with E-state index < -0.39 is 5.97 Å². The standard InChI is InChI=1S/C23H21N3O3/c1-15-10-18(16(2)26(15)20-8-9-20)11-19(12-24)23(27)28-14-22-25-13-21(29-22)17-6-4-3-5-7-17/h3-7,10-11,13,20H,8-9,14H2,1-2H3/b19-11+. The highest BCUT2D eigenvalue weighted by Gasteiger charge is 2.27. The first kappa shape index (κ1) is 18.8. The monoisotopic (exact) mass is 387 g/mol. The third kappa shape index (κ3) is 3.99. The second-order valence-corrected chi connectivity index (χ2v) is 7.16. The van der Waals surface area contributed by atoms with Crippen molar-refractivity contribution < 1.29 is 13.9 Å². The molecule has 0 bridgehead atoms. The van der Waals surface area contributed by atoms with Crippen molar-refractivity contribution in [1.82, 2.24) is 9.55 Å². The van der Waals surface area contributed by atoms with Gasteiger partial charge in [-0.2, -0.15) is 5.26 Å². The Morgan fingerprint density at radius 3 is 2.79 bits per heavy atom. The highest BCUT2D eigenvalue weighted by molar-refractivity contribution is 5.98. The Bertz CT molecular complexity index is 1110. The van der Waals surface area contributed by atoms with Crippen molar-refractivity contribution in [2.45, 2.75) is 39.3 Å². The second-order valence-electron chi connectivity index (χ2n) is 7.16. The first-order valence-corrected chi connectivity index (χ1v) is 9.54. The summed E-state index contributed by atoms with van der Waals surface area (Å²) in [6.45, 7) is 3.92. The van der Waals surface area contributed by atoms with E-state index in [1.165, 1.54) is 12.8 Å². The summed E-state index contributed by atoms with van der Waals surface area (Å²) < 4.78 is 13.1. The lowest BCUT2D eigenvalue weighted by molar-refractivity contribution is -0.140. The predicted octanol–water partition coefficient (Wildman–Crippen LogP) is 4.75. The van der Waals surface area contributed by atoms with Crippen LogP contribution in [0.3, 0.4) is 0 Å². The van der Waals surface area contributed by atoms with E-state index in [0.717, 1.165) is 22.5 Å². The molecule has 0 N–H and O–H groups in total. The first-order chi connectivity index (χ1) is 14.1. The normalized spacial score (nSPS) is 13.9. The van der Waals surface area contributed by atoms with Gasteiger partial charge in [-0.15, -0.1) is 0 Å². The number of ether oxygens (including phenoxy) is 1. The van der Waals surface area contributed by atoms with Gasteiger partial charge in [0.05, 0.1) is 6.20 Å². The van der Waals surface area contributed by atoms with Gasteiger partial charge in [0, 0.05) is 23.0 Å². The van der Waals surface area contributed by atoms with Gasteiger partial charge in [-0.1, -0.05) is 30.3 Å². The highest BCUT2D eigenvalue weighted by Crippen LogP contribution is 2.38. The van der Waals surface area contributed by atoms with Crippen LogP contribution in [0, 0.1) is 25.2 Å². The van der Waals surface area contributed by atoms with Gasteiger partial charge in [-0.25, -0.2) is 9.78 Å². The molecule has 0 amide bonds. The Balaban J connectivity index is 1.45. The minimum Gasteiger partial charge on any atom is -0.452 e. The van der Waals surface area contributed by atoms with E-state index in [1.54, 1.807) is 12.3 Å². The number of nitriles is 1. The van der Waals surface area contributed by atoms with Gasteiger partial charge in [0.15, 0.2) is 12.4 Å². The number of oxazole rings is 1. The molecule has 6 nitrogen and oxygen atoms in total. The smallest absolute Gasteiger partial charge is 0.349 e. The fourth-order valence-corrected chi connectivity index (χ4v) is 3.45. The molecule has 0 aliphatic heterocycles. The summed E-state index contributed by atoms with van der Waals surface area (Å²) >= 11 is 0. The van der Waals surface area contributed by atoms with E-state index in [4.69, 9.17) is 9.15 Å². The Hall–Kier alpha value is -3.59. The van der Waals surface area contributed by atoms with Crippen LogP contribution >= 0.6 is 0 Å². The van der Waals surface area contributed by atoms with Crippen molar-refractivity contribution >= 4 is 12.0 Å². The van der Waals surface area contributed by atoms with Crippen LogP contribution in [0.5, 0.6) is 0 Å². The van der Waals surface area contributed by atoms with Crippen LogP contribution in [0.1, 0.15) is 41.7 Å². The Kier molecular flexibility index (Phi) is 5.05. The first-order valence-electron chi connectivity index (χ1n) is 9.54. The minimum atomic E-state index is -0.691. The van der Waals surface area contributed by atoms with Gasteiger partial charge in [-0.05, 0) is 44.4 Å². The third-order valence-corrected chi connectivity index (χ3v) is 5.01. The van der Waals surface area contributed by atoms with Crippen LogP contribution in [-0.4, -0.2) is 15.5 Å². The molecule has 0 atom stereocenters. The van der Waals surface area contributed by atoms with Crippen LogP contribution in [0.25, 0.3) is 17.4 Å². The van der Waals surface area contributed by atoms with Crippen molar-refractivity contribution in [2.24, 2.45) is 0 Å². The fraction of sp³-hybridized carbons (Fsp3) is 0.261. The third-order valence-electron chi connectivity index (χ3n) is 5.01. The van der Waals surface area contributed by atoms with Crippen LogP contribution in [0.2, 0.25) is 0 Å². The number of rotatable bonds is 6. The number of carbonyl (C=O) groups is 1. The zero-order chi connectivity index (χ0) is 20.4. The summed E-state index contributed by atoms with van der Waals surface area (Å²) in [6.07, 6.45) is 5.53. The number of aryl methyl sites for hydroxylation is 1. The lowest BCUT2D eigenvalue weighted by atomic mass is 10.1. The van der Waals surface area contributed by atoms with Gasteiger partial charge in [0.1, 0.15) is 11.6 Å². The van der Waals surface area contributed by atoms with Gasteiger partial charge in [0.2, 0.25) is 5.89 Å². The molecule has 0 spiro atoms. The maximum Gasteiger partial charge on any atom is 0.349 e. The molecule has 29 heavy (non-hydrogen) atoms. The molecule has 1 aliphatic rings. The largest absolute Gasteiger partial charge is 0.452 e. The number of carbonyl (C=O) groups excluding carboxylic acids is 1. The number of benzene rings is 1. The summed E-state index contributed by atoms with van der Waals surface area (Å²) in [5.41, 5.74) is 3.91. The fourth-order valence-electron chi connectivity index (χ4n) is 3.45. The molecule has 6 heteroatoms. The van der Waals surface area contributed by atoms with Crippen molar-refractivity contribution in [3.05, 3.63) is 71.0 Å². The molecule has 4 rings (SSSR count). The van der Waals surface area contributed by atoms with Gasteiger partial charge < -0.3 is 13.7 Å². The predicted molar refractivity (Wildman–Crippen MR) is 108 cm³/mol. The average Bonchev–Trinajstić information content (AvgIpc) is 3.37. The molecule has 0 unspecified atom stereocenters. The summed E-state index contributed by atoms with van der Waals surface area (Å²) in [7, 11) is 0. The molecule has 1 aliphatic carbocycles. The second kappa shape index (κ2) is 7.80. The zero-order valence-corrected chi connectivity index (χ0v) is 16.4. The molecule has 1 saturated carbocycles. The van der Waals surface area contributed by atoms with E-state index in [2.05, 4.69) is 9.55 Å². The summed E-state index contributed by atoms with van der Waals surface area (Å²) in [4.78, 5) is 16.5. The summed E-state index contributed by atoms with van der Waals surface area (Å²) in [5.74, 6) is 0.185. The van der Waals surface area contributed by atoms with Gasteiger partial charge >= 0.3 is 5.97 Å². The maximum atomic E-state index is 12.4. The van der Waals surface area contributed by atoms with Crippen LogP contribution in [0.15, 0.2) is 52.6 Å². The number of hydrogen-bond donors (Lipinski definition) is 0. The van der Waals surface area contributed by atoms with Gasteiger partial charge in [0.25, 0.3) is 0 Å². The Morgan fingerprint density at radius 2 is 2.10 bits per heavy atom. The van der Waals surface area contributed by atoms with Crippen LogP contribution < -0.4 is 0 Å². The molecular formula is C23H21N3O3. The van der Waals surface area contributed by atoms with E-state index in [9.17, 15) is 10.1 Å². The molecule has 3 aromatic rings. The number of hydrogen-bond acceptors (Lipinski definition) is 5. The van der Waals surface area contributed by atoms with Crippen molar-refractivity contribution in [2.75, 3.05) is 0 Å². The van der Waals surface area contributed by atoms with Crippen molar-refractivity contribution in [3.63, 3.8) is 0 Å². The molecule has 1 aromatic carbocycles. The average molecular weight is 387 g/mol. The number of aromatic nitrogens is 2. The lowest BCUT2D eigenvalue weighted by Gasteiger charge is -2.06. The lowest BCUT2D eigenvalue weighted by Crippen LogP contribution is -2.07. The molecule has 0 saturated heterocycles. The molecule has 1 fully saturated rings. The quantitative estimate of drug-likeness (QED) is 0.346. The maximum absolute atomic E-state index is 12.4. The molecule has 146 valence electrons. The number of esters is 1. The van der Waals surface area contributed by atoms with Crippen LogP contribution in [0.4, 0.5) is 0 Å². The van der Waals surface area contributed by atoms with Crippen LogP contribution in [-0.2, 0) is 16.1 Å². The molecule has 2 heterocycles. The van der Waals surface area contributed by atoms with E-state index in [-0.39, 0.29) is 18.1 Å². The summed E-state index contributed by atoms with van der Waals surface area (Å²) in [5, 5.41) is 9.43. The van der Waals surface area contributed by atoms with Crippen molar-refractivity contribution in [1.29, 1.82) is 5.26 Å². The van der Waals surface area contributed by atoms with Gasteiger partial charge in [-0.3, -0.25) is 0 Å².